The average Bonchev–Trinajstić information content (AvgIpc) is 4.15. The van der Waals surface area contributed by atoms with Gasteiger partial charge in [-0.1, -0.05) is 51.8 Å². The van der Waals surface area contributed by atoms with E-state index < -0.39 is 73.6 Å². The molecule has 1 aromatic heterocycles. The number of hydrogen-bond donors (Lipinski definition) is 3. The van der Waals surface area contributed by atoms with Crippen LogP contribution in [-0.4, -0.2) is 153 Å². The second-order valence-electron chi connectivity index (χ2n) is 21.4. The molecule has 1 aromatic carbocycles. The van der Waals surface area contributed by atoms with Crippen LogP contribution in [-0.2, 0) is 40.3 Å². The van der Waals surface area contributed by atoms with Crippen molar-refractivity contribution in [2.45, 2.75) is 139 Å². The van der Waals surface area contributed by atoms with Crippen LogP contribution in [0.4, 0.5) is 4.79 Å². The van der Waals surface area contributed by atoms with Gasteiger partial charge in [0.25, 0.3) is 5.91 Å². The first-order chi connectivity index (χ1) is 32.4. The van der Waals surface area contributed by atoms with Gasteiger partial charge in [-0.25, -0.2) is 18.2 Å². The van der Waals surface area contributed by atoms with Gasteiger partial charge in [0.2, 0.25) is 27.7 Å². The van der Waals surface area contributed by atoms with E-state index in [-0.39, 0.29) is 31.4 Å². The molecule has 3 aliphatic carbocycles. The molecule has 374 valence electrons. The minimum atomic E-state index is -4.13. The number of pyridine rings is 1. The SMILES string of the molecule is C=C[C@@H]1C[C@]1(NC(=O)[C@@H]1C[C@@H]2CN1C(=O)[C@H](C(C)(C)C)NC(=O)O[C@@H]1CCC[C@H]1CCCCCc1c(nc3ccccc3c1OCCN(C)C)O2)C(=O)NS(=O)(=O)C1(CCN2CCOCC2)CC1. The van der Waals surface area contributed by atoms with Gasteiger partial charge in [-0.05, 0) is 108 Å². The number of rotatable bonds is 13. The van der Waals surface area contributed by atoms with Crippen LogP contribution in [0.25, 0.3) is 10.9 Å². The number of nitrogens with one attached hydrogen (secondary N) is 3. The third-order valence-corrected chi connectivity index (χ3v) is 17.4. The molecular weight excluding hydrogens is 891 g/mol. The van der Waals surface area contributed by atoms with Crippen molar-refractivity contribution in [2.24, 2.45) is 17.3 Å². The maximum atomic E-state index is 15.1. The van der Waals surface area contributed by atoms with Crippen molar-refractivity contribution >= 4 is 44.7 Å². The summed E-state index contributed by atoms with van der Waals surface area (Å²) in [5, 5.41) is 6.69. The van der Waals surface area contributed by atoms with Gasteiger partial charge in [0.05, 0.1) is 35.6 Å². The molecule has 2 saturated heterocycles. The molecule has 4 amide bonds. The van der Waals surface area contributed by atoms with Crippen LogP contribution in [0, 0.1) is 17.3 Å². The van der Waals surface area contributed by atoms with Crippen LogP contribution < -0.4 is 24.8 Å². The van der Waals surface area contributed by atoms with Crippen LogP contribution in [0.15, 0.2) is 36.9 Å². The van der Waals surface area contributed by atoms with E-state index in [0.29, 0.717) is 75.7 Å². The highest BCUT2D eigenvalue weighted by Crippen LogP contribution is 2.49. The Morgan fingerprint density at radius 1 is 1.04 bits per heavy atom. The van der Waals surface area contributed by atoms with Crippen LogP contribution >= 0.6 is 0 Å². The first kappa shape index (κ1) is 49.9. The topological polar surface area (TPSA) is 198 Å². The Morgan fingerprint density at radius 2 is 1.79 bits per heavy atom. The van der Waals surface area contributed by atoms with Crippen molar-refractivity contribution < 1.29 is 46.5 Å². The standard InChI is InChI=1S/C50H73N7O10S/c1-7-34-31-50(34,46(60)54-68(62,63)49(20-21-49)22-23-56-25-27-64-28-26-56)53-43(58)39-30-35-32-57(39)45(59)42(48(2,3)4)52-47(61)67-40-19-13-15-33(40)14-9-8-10-17-37-41(65-29-24-55(5)6)36-16-11-12-18-38(36)51-44(37)66-35/h7,11-12,16,18,33-35,39-40,42H,1,8-10,13-15,17,19-32H2,2-6H3,(H,52,61)(H,53,58)(H,54,60)/t33-,34-,35-,39+,40-,42-,50-/m1/s1. The molecule has 0 radical (unpaired) electrons. The van der Waals surface area contributed by atoms with Gasteiger partial charge in [-0.3, -0.25) is 24.0 Å². The van der Waals surface area contributed by atoms with E-state index in [1.165, 1.54) is 4.90 Å². The molecular formula is C50H73N7O10S. The largest absolute Gasteiger partial charge is 0.491 e. The minimum absolute atomic E-state index is 0.0206. The van der Waals surface area contributed by atoms with Crippen LogP contribution in [0.2, 0.25) is 0 Å². The van der Waals surface area contributed by atoms with E-state index in [1.54, 1.807) is 6.08 Å². The lowest BCUT2D eigenvalue weighted by molar-refractivity contribution is -0.143. The fourth-order valence-electron chi connectivity index (χ4n) is 10.7. The van der Waals surface area contributed by atoms with Crippen LogP contribution in [0.1, 0.15) is 103 Å². The van der Waals surface area contributed by atoms with Gasteiger partial charge in [0, 0.05) is 37.4 Å². The number of para-hydroxylation sites is 1. The number of aromatic nitrogens is 1. The molecule has 0 unspecified atom stereocenters. The summed E-state index contributed by atoms with van der Waals surface area (Å²) in [6.07, 6.45) is 8.09. The maximum Gasteiger partial charge on any atom is 0.408 e. The van der Waals surface area contributed by atoms with Crippen LogP contribution in [0.5, 0.6) is 11.6 Å². The third kappa shape index (κ3) is 10.9. The number of sulfonamides is 1. The summed E-state index contributed by atoms with van der Waals surface area (Å²) in [6.45, 7) is 13.7. The number of ether oxygens (including phenoxy) is 4. The van der Waals surface area contributed by atoms with Crippen molar-refractivity contribution in [3.63, 3.8) is 0 Å². The minimum Gasteiger partial charge on any atom is -0.491 e. The number of benzene rings is 1. The van der Waals surface area contributed by atoms with E-state index in [9.17, 15) is 22.8 Å². The maximum absolute atomic E-state index is 15.1. The Labute approximate surface area is 401 Å². The van der Waals surface area contributed by atoms with E-state index in [1.807, 2.05) is 59.1 Å². The molecule has 7 atom stereocenters. The van der Waals surface area contributed by atoms with E-state index in [2.05, 4.69) is 31.7 Å². The smallest absolute Gasteiger partial charge is 0.408 e. The number of amides is 4. The second kappa shape index (κ2) is 20.4. The van der Waals surface area contributed by atoms with Crippen molar-refractivity contribution in [1.29, 1.82) is 0 Å². The summed E-state index contributed by atoms with van der Waals surface area (Å²) < 4.78 is 54.3. The third-order valence-electron chi connectivity index (χ3n) is 15.2. The highest BCUT2D eigenvalue weighted by Gasteiger charge is 2.64. The van der Waals surface area contributed by atoms with E-state index in [4.69, 9.17) is 23.9 Å². The molecule has 3 saturated carbocycles. The number of likely N-dealkylation sites (N-methyl/N-ethyl adjacent to an activating group) is 1. The molecule has 0 spiro atoms. The molecule has 8 rings (SSSR count). The van der Waals surface area contributed by atoms with Crippen molar-refractivity contribution in [1.82, 2.24) is 35.0 Å². The quantitative estimate of drug-likeness (QED) is 0.234. The fraction of sp³-hybridized carbons (Fsp3) is 0.700. The highest BCUT2D eigenvalue weighted by atomic mass is 32.2. The Kier molecular flexibility index (Phi) is 15.0. The van der Waals surface area contributed by atoms with E-state index >= 15 is 4.79 Å². The monoisotopic (exact) mass is 964 g/mol. The molecule has 68 heavy (non-hydrogen) atoms. The first-order valence-corrected chi connectivity index (χ1v) is 26.4. The zero-order valence-electron chi connectivity index (χ0n) is 40.7. The van der Waals surface area contributed by atoms with Gasteiger partial charge >= 0.3 is 6.09 Å². The first-order valence-electron chi connectivity index (χ1n) is 24.9. The van der Waals surface area contributed by atoms with Gasteiger partial charge in [-0.15, -0.1) is 6.58 Å². The molecule has 17 nitrogen and oxygen atoms in total. The summed E-state index contributed by atoms with van der Waals surface area (Å²) in [6, 6.07) is 5.49. The Balaban J connectivity index is 1.10. The summed E-state index contributed by atoms with van der Waals surface area (Å²) in [4.78, 5) is 68.8. The summed E-state index contributed by atoms with van der Waals surface area (Å²) in [5.41, 5.74) is -0.935. The molecule has 18 heteroatoms. The molecule has 3 N–H and O–H groups in total. The van der Waals surface area contributed by atoms with Gasteiger partial charge < -0.3 is 39.4 Å². The fourth-order valence-corrected chi connectivity index (χ4v) is 12.3. The Hall–Kier alpha value is -4.52. The predicted molar refractivity (Wildman–Crippen MR) is 257 cm³/mol. The lowest BCUT2D eigenvalue weighted by Gasteiger charge is -2.35. The molecule has 2 bridgehead atoms. The van der Waals surface area contributed by atoms with Crippen molar-refractivity contribution in [3.8, 4) is 11.6 Å². The zero-order chi connectivity index (χ0) is 48.4. The molecule has 3 aliphatic heterocycles. The lowest BCUT2D eigenvalue weighted by Crippen LogP contribution is -2.60. The number of hydrogen-bond acceptors (Lipinski definition) is 13. The number of alkyl carbamates (subject to hydrolysis) is 1. The summed E-state index contributed by atoms with van der Waals surface area (Å²) in [7, 11) is -0.148. The van der Waals surface area contributed by atoms with E-state index in [0.717, 1.165) is 69.0 Å². The normalized spacial score (nSPS) is 29.1. The second-order valence-corrected chi connectivity index (χ2v) is 23.5. The van der Waals surface area contributed by atoms with Crippen molar-refractivity contribution in [3.05, 3.63) is 42.5 Å². The number of carbonyl (C=O) groups is 4. The Bertz CT molecular complexity index is 2310. The van der Waals surface area contributed by atoms with Gasteiger partial charge in [-0.2, -0.15) is 0 Å². The highest BCUT2D eigenvalue weighted by molar-refractivity contribution is 7.91. The molecule has 5 fully saturated rings. The van der Waals surface area contributed by atoms with Crippen LogP contribution in [0.3, 0.4) is 0 Å². The Morgan fingerprint density at radius 3 is 2.50 bits per heavy atom. The molecule has 6 aliphatic rings. The lowest BCUT2D eigenvalue weighted by atomic mass is 9.85. The zero-order valence-corrected chi connectivity index (χ0v) is 41.5. The average molecular weight is 964 g/mol. The van der Waals surface area contributed by atoms with Gasteiger partial charge in [0.1, 0.15) is 42.2 Å². The predicted octanol–water partition coefficient (Wildman–Crippen LogP) is 4.71. The number of carbonyl (C=O) groups excluding carboxylic acids is 4. The number of morpholine rings is 1. The summed E-state index contributed by atoms with van der Waals surface area (Å²) in [5.74, 6) is -1.29. The molecule has 2 aromatic rings. The molecule has 4 heterocycles. The van der Waals surface area contributed by atoms with Gasteiger partial charge in [0.15, 0.2) is 0 Å². The summed E-state index contributed by atoms with van der Waals surface area (Å²) >= 11 is 0. The number of nitrogens with zero attached hydrogens (tertiary/aromatic N) is 4. The number of fused-ring (bicyclic) bond motifs is 5. The van der Waals surface area contributed by atoms with Crippen molar-refractivity contribution in [2.75, 3.05) is 66.6 Å².